The van der Waals surface area contributed by atoms with Gasteiger partial charge in [-0.3, -0.25) is 0 Å². The molecule has 0 aliphatic heterocycles. The number of hydrogen-bond donors (Lipinski definition) is 0. The highest BCUT2D eigenvalue weighted by Gasteiger charge is 2.56. The third-order valence-corrected chi connectivity index (χ3v) is 4.66. The fourth-order valence-electron chi connectivity index (χ4n) is 2.78. The Labute approximate surface area is 84.4 Å². The number of fused-ring (bicyclic) bond motifs is 1. The highest BCUT2D eigenvalue weighted by molar-refractivity contribution is 6.26. The number of alkyl halides is 1. The Morgan fingerprint density at radius 1 is 1.69 bits per heavy atom. The van der Waals surface area contributed by atoms with Crippen LogP contribution in [0.15, 0.2) is 11.6 Å². The molecule has 2 atom stereocenters. The largest absolute Gasteiger partial charge is 0.198 e. The van der Waals surface area contributed by atoms with E-state index in [0.29, 0.717) is 12.3 Å². The molecule has 0 saturated carbocycles. The molecular formula is C11H14ClN. The molecule has 0 aromatic heterocycles. The SMILES string of the molecule is CC1(C)[C@@H](CC#N)C2=C[C@]1(Cl)CC2. The van der Waals surface area contributed by atoms with Gasteiger partial charge in [-0.05, 0) is 24.2 Å². The molecule has 2 heteroatoms. The van der Waals surface area contributed by atoms with E-state index in [4.69, 9.17) is 16.9 Å². The molecule has 0 amide bonds. The van der Waals surface area contributed by atoms with E-state index in [1.54, 1.807) is 0 Å². The molecule has 0 unspecified atom stereocenters. The van der Waals surface area contributed by atoms with Crippen LogP contribution in [0.4, 0.5) is 0 Å². The highest BCUT2D eigenvalue weighted by Crippen LogP contribution is 2.61. The van der Waals surface area contributed by atoms with Crippen molar-refractivity contribution in [3.8, 4) is 6.07 Å². The van der Waals surface area contributed by atoms with Crippen LogP contribution in [-0.2, 0) is 0 Å². The van der Waals surface area contributed by atoms with Gasteiger partial charge in [0.05, 0.1) is 10.9 Å². The van der Waals surface area contributed by atoms with Gasteiger partial charge in [0.2, 0.25) is 0 Å². The average Bonchev–Trinajstić information content (AvgIpc) is 2.50. The molecule has 2 rings (SSSR count). The maximum Gasteiger partial charge on any atom is 0.0688 e. The summed E-state index contributed by atoms with van der Waals surface area (Å²) >= 11 is 6.53. The van der Waals surface area contributed by atoms with Crippen LogP contribution < -0.4 is 0 Å². The molecule has 2 bridgehead atoms. The third kappa shape index (κ3) is 0.987. The molecule has 0 N–H and O–H groups in total. The zero-order valence-corrected chi connectivity index (χ0v) is 8.86. The van der Waals surface area contributed by atoms with Gasteiger partial charge in [-0.15, -0.1) is 11.6 Å². The van der Waals surface area contributed by atoms with Crippen LogP contribution in [0.1, 0.15) is 33.1 Å². The molecule has 1 nitrogen and oxygen atoms in total. The first-order chi connectivity index (χ1) is 6.01. The van der Waals surface area contributed by atoms with Gasteiger partial charge in [-0.2, -0.15) is 5.26 Å². The molecule has 13 heavy (non-hydrogen) atoms. The van der Waals surface area contributed by atoms with E-state index in [-0.39, 0.29) is 10.3 Å². The minimum Gasteiger partial charge on any atom is -0.198 e. The van der Waals surface area contributed by atoms with E-state index < -0.39 is 0 Å². The van der Waals surface area contributed by atoms with Gasteiger partial charge in [0, 0.05) is 6.42 Å². The normalized spacial score (nSPS) is 40.2. The van der Waals surface area contributed by atoms with Crippen LogP contribution in [-0.4, -0.2) is 4.87 Å². The second-order valence-electron chi connectivity index (χ2n) is 4.72. The lowest BCUT2D eigenvalue weighted by Crippen LogP contribution is -2.41. The zero-order valence-electron chi connectivity index (χ0n) is 8.10. The van der Waals surface area contributed by atoms with E-state index in [9.17, 15) is 0 Å². The van der Waals surface area contributed by atoms with Crippen molar-refractivity contribution >= 4 is 11.6 Å². The van der Waals surface area contributed by atoms with Gasteiger partial charge >= 0.3 is 0 Å². The van der Waals surface area contributed by atoms with E-state index >= 15 is 0 Å². The molecule has 2 aliphatic rings. The van der Waals surface area contributed by atoms with Crippen LogP contribution >= 0.6 is 11.6 Å². The summed E-state index contributed by atoms with van der Waals surface area (Å²) in [5, 5.41) is 8.75. The van der Waals surface area contributed by atoms with Gasteiger partial charge in [0.15, 0.2) is 0 Å². The van der Waals surface area contributed by atoms with Gasteiger partial charge in [-0.25, -0.2) is 0 Å². The van der Waals surface area contributed by atoms with E-state index in [1.807, 2.05) is 0 Å². The van der Waals surface area contributed by atoms with E-state index in [2.05, 4.69) is 26.0 Å². The van der Waals surface area contributed by atoms with Crippen molar-refractivity contribution in [2.75, 3.05) is 0 Å². The molecule has 0 radical (unpaired) electrons. The van der Waals surface area contributed by atoms with Crippen molar-refractivity contribution in [2.45, 2.75) is 38.0 Å². The predicted octanol–water partition coefficient (Wildman–Crippen LogP) is 3.25. The molecule has 2 aliphatic carbocycles. The van der Waals surface area contributed by atoms with Gasteiger partial charge in [0.25, 0.3) is 0 Å². The first-order valence-electron chi connectivity index (χ1n) is 4.79. The number of hydrogen-bond acceptors (Lipinski definition) is 1. The molecule has 0 heterocycles. The second-order valence-corrected chi connectivity index (χ2v) is 5.39. The number of allylic oxidation sites excluding steroid dienone is 2. The predicted molar refractivity (Wildman–Crippen MR) is 53.4 cm³/mol. The summed E-state index contributed by atoms with van der Waals surface area (Å²) in [6, 6.07) is 2.27. The Balaban J connectivity index is 2.34. The topological polar surface area (TPSA) is 23.8 Å². The van der Waals surface area contributed by atoms with Crippen molar-refractivity contribution in [3.05, 3.63) is 11.6 Å². The van der Waals surface area contributed by atoms with Crippen LogP contribution in [0.3, 0.4) is 0 Å². The maximum absolute atomic E-state index is 8.75. The minimum absolute atomic E-state index is 0.0673. The third-order valence-electron chi connectivity index (χ3n) is 3.88. The first kappa shape index (κ1) is 9.09. The van der Waals surface area contributed by atoms with Crippen LogP contribution in [0.5, 0.6) is 0 Å². The standard InChI is InChI=1S/C11H14ClN/c1-10(2)9(4-6-13)8-3-5-11(10,12)7-8/h7,9H,3-5H2,1-2H3/t9-,11+/m0/s1. The Morgan fingerprint density at radius 3 is 2.85 bits per heavy atom. The summed E-state index contributed by atoms with van der Waals surface area (Å²) in [4.78, 5) is -0.163. The number of rotatable bonds is 1. The molecule has 70 valence electrons. The van der Waals surface area contributed by atoms with E-state index in [0.717, 1.165) is 12.8 Å². The Kier molecular flexibility index (Phi) is 1.76. The molecule has 0 saturated heterocycles. The summed E-state index contributed by atoms with van der Waals surface area (Å²) < 4.78 is 0. The molecule has 0 spiro atoms. The maximum atomic E-state index is 8.75. The van der Waals surface area contributed by atoms with Crippen molar-refractivity contribution in [2.24, 2.45) is 11.3 Å². The summed E-state index contributed by atoms with van der Waals surface area (Å²) in [5.41, 5.74) is 1.49. The zero-order chi connectivity index (χ0) is 9.69. The van der Waals surface area contributed by atoms with Crippen molar-refractivity contribution < 1.29 is 0 Å². The fourth-order valence-corrected chi connectivity index (χ4v) is 3.14. The highest BCUT2D eigenvalue weighted by atomic mass is 35.5. The molecule has 0 aromatic rings. The summed E-state index contributed by atoms with van der Waals surface area (Å²) in [6.45, 7) is 4.37. The monoisotopic (exact) mass is 195 g/mol. The van der Waals surface area contributed by atoms with Gasteiger partial charge in [0.1, 0.15) is 0 Å². The van der Waals surface area contributed by atoms with Crippen molar-refractivity contribution in [1.29, 1.82) is 5.26 Å². The van der Waals surface area contributed by atoms with Crippen molar-refractivity contribution in [1.82, 2.24) is 0 Å². The summed E-state index contributed by atoms with van der Waals surface area (Å²) in [6.07, 6.45) is 4.97. The number of nitrogens with zero attached hydrogens (tertiary/aromatic N) is 1. The number of nitriles is 1. The van der Waals surface area contributed by atoms with Crippen LogP contribution in [0.25, 0.3) is 0 Å². The van der Waals surface area contributed by atoms with Crippen LogP contribution in [0.2, 0.25) is 0 Å². The smallest absolute Gasteiger partial charge is 0.0688 e. The quantitative estimate of drug-likeness (QED) is 0.466. The Bertz CT molecular complexity index is 311. The average molecular weight is 196 g/mol. The number of halogens is 1. The fraction of sp³-hybridized carbons (Fsp3) is 0.727. The summed E-state index contributed by atoms with van der Waals surface area (Å²) in [7, 11) is 0. The lowest BCUT2D eigenvalue weighted by molar-refractivity contribution is 0.188. The molecular weight excluding hydrogens is 182 g/mol. The lowest BCUT2D eigenvalue weighted by atomic mass is 9.66. The second kappa shape index (κ2) is 2.51. The van der Waals surface area contributed by atoms with Gasteiger partial charge in [-0.1, -0.05) is 25.5 Å². The van der Waals surface area contributed by atoms with E-state index in [1.165, 1.54) is 5.57 Å². The van der Waals surface area contributed by atoms with Gasteiger partial charge < -0.3 is 0 Å². The lowest BCUT2D eigenvalue weighted by Gasteiger charge is -2.42. The first-order valence-corrected chi connectivity index (χ1v) is 5.16. The minimum atomic E-state index is -0.163. The molecule has 0 fully saturated rings. The molecule has 0 aromatic carbocycles. The Morgan fingerprint density at radius 2 is 2.38 bits per heavy atom. The van der Waals surface area contributed by atoms with Crippen molar-refractivity contribution in [3.63, 3.8) is 0 Å². The summed E-state index contributed by atoms with van der Waals surface area (Å²) in [5.74, 6) is 0.392. The van der Waals surface area contributed by atoms with Crippen LogP contribution in [0, 0.1) is 22.7 Å². The Hall–Kier alpha value is -0.480.